The summed E-state index contributed by atoms with van der Waals surface area (Å²) in [7, 11) is 0. The number of thioether (sulfide) groups is 1. The minimum atomic E-state index is 0.599. The van der Waals surface area contributed by atoms with E-state index in [1.165, 1.54) is 22.4 Å². The first-order chi connectivity index (χ1) is 6.79. The molecule has 1 aromatic carbocycles. The fourth-order valence-electron chi connectivity index (χ4n) is 1.81. The Morgan fingerprint density at radius 3 is 3.21 bits per heavy atom. The topological polar surface area (TPSA) is 35.2 Å². The Morgan fingerprint density at radius 1 is 1.57 bits per heavy atom. The van der Waals surface area contributed by atoms with E-state index in [1.807, 2.05) is 11.8 Å². The quantitative estimate of drug-likeness (QED) is 0.775. The summed E-state index contributed by atoms with van der Waals surface area (Å²) in [6, 6.07) is 6.67. The summed E-state index contributed by atoms with van der Waals surface area (Å²) in [5.74, 6) is 5.01. The number of hydrogen-bond donors (Lipinski definition) is 1. The van der Waals surface area contributed by atoms with Crippen LogP contribution in [0.2, 0.25) is 0 Å². The van der Waals surface area contributed by atoms with Gasteiger partial charge in [-0.1, -0.05) is 19.1 Å². The first-order valence-corrected chi connectivity index (χ1v) is 5.77. The lowest BCUT2D eigenvalue weighted by atomic mass is 10.1. The van der Waals surface area contributed by atoms with Crippen LogP contribution in [0.25, 0.3) is 0 Å². The van der Waals surface area contributed by atoms with Gasteiger partial charge in [0, 0.05) is 10.1 Å². The van der Waals surface area contributed by atoms with Gasteiger partial charge in [-0.15, -0.1) is 11.8 Å². The zero-order valence-corrected chi connectivity index (χ0v) is 9.14. The fraction of sp³-hybridized carbons (Fsp3) is 0.455. The van der Waals surface area contributed by atoms with E-state index in [0.717, 1.165) is 11.7 Å². The van der Waals surface area contributed by atoms with Crippen molar-refractivity contribution in [2.24, 2.45) is 5.90 Å². The molecule has 2 N–H and O–H groups in total. The van der Waals surface area contributed by atoms with Crippen LogP contribution >= 0.6 is 11.8 Å². The predicted octanol–water partition coefficient (Wildman–Crippen LogP) is 2.16. The third-order valence-corrected chi connectivity index (χ3v) is 3.69. The molecule has 1 atom stereocenters. The van der Waals surface area contributed by atoms with Gasteiger partial charge < -0.3 is 4.84 Å². The molecular weight excluding hydrogens is 194 g/mol. The van der Waals surface area contributed by atoms with Crippen LogP contribution in [0.5, 0.6) is 0 Å². The lowest BCUT2D eigenvalue weighted by Gasteiger charge is -2.02. The number of benzene rings is 1. The number of nitrogens with two attached hydrogens (primary N) is 1. The van der Waals surface area contributed by atoms with Crippen LogP contribution < -0.4 is 5.90 Å². The summed E-state index contributed by atoms with van der Waals surface area (Å²) in [5, 5.41) is 0.728. The molecule has 0 amide bonds. The lowest BCUT2D eigenvalue weighted by molar-refractivity contribution is 0.141. The second kappa shape index (κ2) is 4.34. The maximum atomic E-state index is 5.01. The highest BCUT2D eigenvalue weighted by Gasteiger charge is 2.18. The van der Waals surface area contributed by atoms with Crippen LogP contribution in [0.15, 0.2) is 23.1 Å². The predicted molar refractivity (Wildman–Crippen MR) is 59.3 cm³/mol. The summed E-state index contributed by atoms with van der Waals surface area (Å²) in [6.45, 7) is 2.87. The maximum absolute atomic E-state index is 5.01. The largest absolute Gasteiger partial charge is 0.304 e. The number of hydrogen-bond acceptors (Lipinski definition) is 3. The summed E-state index contributed by atoms with van der Waals surface area (Å²) in [4.78, 5) is 6.02. The minimum Gasteiger partial charge on any atom is -0.304 e. The van der Waals surface area contributed by atoms with Crippen LogP contribution in [-0.2, 0) is 17.7 Å². The molecule has 0 radical (unpaired) electrons. The maximum Gasteiger partial charge on any atom is 0.0719 e. The fourth-order valence-corrected chi connectivity index (χ4v) is 2.94. The van der Waals surface area contributed by atoms with Gasteiger partial charge in [0.2, 0.25) is 0 Å². The van der Waals surface area contributed by atoms with E-state index in [9.17, 15) is 0 Å². The molecule has 3 heteroatoms. The molecule has 1 heterocycles. The molecule has 0 spiro atoms. The van der Waals surface area contributed by atoms with Crippen LogP contribution in [0.3, 0.4) is 0 Å². The smallest absolute Gasteiger partial charge is 0.0719 e. The summed E-state index contributed by atoms with van der Waals surface area (Å²) in [6.07, 6.45) is 2.10. The summed E-state index contributed by atoms with van der Waals surface area (Å²) in [5.41, 5.74) is 2.81. The van der Waals surface area contributed by atoms with Crippen molar-refractivity contribution in [2.45, 2.75) is 29.9 Å². The normalized spacial score (nSPS) is 19.7. The molecule has 0 saturated heterocycles. The van der Waals surface area contributed by atoms with Crippen LogP contribution in [0.1, 0.15) is 18.1 Å². The summed E-state index contributed by atoms with van der Waals surface area (Å²) >= 11 is 1.97. The molecule has 0 aliphatic carbocycles. The third kappa shape index (κ3) is 2.11. The molecule has 0 saturated carbocycles. The molecule has 1 unspecified atom stereocenters. The van der Waals surface area contributed by atoms with Crippen molar-refractivity contribution >= 4 is 11.8 Å². The van der Waals surface area contributed by atoms with Crippen molar-refractivity contribution in [3.05, 3.63) is 29.3 Å². The number of rotatable bonds is 3. The van der Waals surface area contributed by atoms with Crippen molar-refractivity contribution in [2.75, 3.05) is 6.61 Å². The van der Waals surface area contributed by atoms with E-state index in [2.05, 4.69) is 30.0 Å². The second-order valence-electron chi connectivity index (χ2n) is 3.70. The average molecular weight is 209 g/mol. The zero-order valence-electron chi connectivity index (χ0n) is 8.32. The van der Waals surface area contributed by atoms with Crippen molar-refractivity contribution in [1.29, 1.82) is 0 Å². The van der Waals surface area contributed by atoms with Crippen LogP contribution in [-0.4, -0.2) is 11.9 Å². The van der Waals surface area contributed by atoms with Crippen molar-refractivity contribution in [3.8, 4) is 0 Å². The van der Waals surface area contributed by atoms with Crippen molar-refractivity contribution < 1.29 is 4.84 Å². The molecular formula is C11H15NOS. The standard InChI is InChI=1S/C11H15NOS/c1-8-6-10-7-9(4-5-13-12)2-3-11(10)14-8/h2-3,7-8H,4-6,12H2,1H3. The van der Waals surface area contributed by atoms with Gasteiger partial charge in [-0.3, -0.25) is 0 Å². The van der Waals surface area contributed by atoms with Gasteiger partial charge in [0.25, 0.3) is 0 Å². The third-order valence-electron chi connectivity index (χ3n) is 2.47. The molecule has 2 nitrogen and oxygen atoms in total. The van der Waals surface area contributed by atoms with Gasteiger partial charge in [-0.05, 0) is 30.0 Å². The van der Waals surface area contributed by atoms with Gasteiger partial charge in [0.1, 0.15) is 0 Å². The first-order valence-electron chi connectivity index (χ1n) is 4.89. The van der Waals surface area contributed by atoms with E-state index >= 15 is 0 Å². The first kappa shape index (κ1) is 10.0. The molecule has 76 valence electrons. The second-order valence-corrected chi connectivity index (χ2v) is 5.18. The van der Waals surface area contributed by atoms with E-state index in [1.54, 1.807) is 0 Å². The molecule has 1 aliphatic rings. The van der Waals surface area contributed by atoms with E-state index in [-0.39, 0.29) is 0 Å². The molecule has 1 aromatic rings. The lowest BCUT2D eigenvalue weighted by Crippen LogP contribution is -2.03. The van der Waals surface area contributed by atoms with Gasteiger partial charge in [0.15, 0.2) is 0 Å². The van der Waals surface area contributed by atoms with Crippen LogP contribution in [0.4, 0.5) is 0 Å². The molecule has 0 fully saturated rings. The Kier molecular flexibility index (Phi) is 3.11. The Labute approximate surface area is 88.8 Å². The highest BCUT2D eigenvalue weighted by atomic mass is 32.2. The molecule has 14 heavy (non-hydrogen) atoms. The summed E-state index contributed by atoms with van der Waals surface area (Å²) < 4.78 is 0. The monoisotopic (exact) mass is 209 g/mol. The molecule has 0 bridgehead atoms. The molecule has 0 aromatic heterocycles. The van der Waals surface area contributed by atoms with E-state index < -0.39 is 0 Å². The Hall–Kier alpha value is -0.510. The SMILES string of the molecule is CC1Cc2cc(CCON)ccc2S1. The molecule has 1 aliphatic heterocycles. The molecule has 2 rings (SSSR count). The van der Waals surface area contributed by atoms with E-state index in [4.69, 9.17) is 5.90 Å². The minimum absolute atomic E-state index is 0.599. The van der Waals surface area contributed by atoms with Crippen LogP contribution in [0, 0.1) is 0 Å². The van der Waals surface area contributed by atoms with Gasteiger partial charge in [0.05, 0.1) is 6.61 Å². The van der Waals surface area contributed by atoms with Crippen molar-refractivity contribution in [1.82, 2.24) is 0 Å². The van der Waals surface area contributed by atoms with Crippen molar-refractivity contribution in [3.63, 3.8) is 0 Å². The van der Waals surface area contributed by atoms with Gasteiger partial charge in [-0.2, -0.15) is 0 Å². The Balaban J connectivity index is 2.12. The Bertz CT molecular complexity index is 327. The average Bonchev–Trinajstić information content (AvgIpc) is 2.54. The zero-order chi connectivity index (χ0) is 9.97. The van der Waals surface area contributed by atoms with E-state index in [0.29, 0.717) is 6.61 Å². The van der Waals surface area contributed by atoms with Gasteiger partial charge >= 0.3 is 0 Å². The van der Waals surface area contributed by atoms with Gasteiger partial charge in [-0.25, -0.2) is 5.90 Å². The highest BCUT2D eigenvalue weighted by Crippen LogP contribution is 2.36. The highest BCUT2D eigenvalue weighted by molar-refractivity contribution is 8.00. The number of fused-ring (bicyclic) bond motifs is 1. The Morgan fingerprint density at radius 2 is 2.43 bits per heavy atom.